The first-order valence-electron chi connectivity index (χ1n) is 5.38. The van der Waals surface area contributed by atoms with E-state index in [4.69, 9.17) is 11.5 Å². The Labute approximate surface area is 104 Å². The molecular formula is C11H15N5S. The molecule has 0 aliphatic heterocycles. The van der Waals surface area contributed by atoms with Crippen molar-refractivity contribution in [2.24, 2.45) is 0 Å². The van der Waals surface area contributed by atoms with E-state index in [2.05, 4.69) is 33.7 Å². The molecule has 2 aromatic rings. The Hall–Kier alpha value is -1.82. The van der Waals surface area contributed by atoms with Crippen LogP contribution in [0, 0.1) is 0 Å². The number of hydrogen-bond donors (Lipinski definition) is 3. The Morgan fingerprint density at radius 2 is 2.18 bits per heavy atom. The van der Waals surface area contributed by atoms with Gasteiger partial charge in [-0.25, -0.2) is 0 Å². The van der Waals surface area contributed by atoms with Crippen LogP contribution in [0.3, 0.4) is 0 Å². The number of nitrogen functional groups attached to an aromatic ring is 2. The smallest absolute Gasteiger partial charge is 0.223 e. The molecule has 0 aromatic carbocycles. The van der Waals surface area contributed by atoms with E-state index in [0.717, 1.165) is 13.0 Å². The summed E-state index contributed by atoms with van der Waals surface area (Å²) in [6, 6.07) is 3.82. The van der Waals surface area contributed by atoms with Gasteiger partial charge in [-0.3, -0.25) is 0 Å². The molecule has 2 rings (SSSR count). The standard InChI is InChI=1S/C11H15N5S/c1-2-7-3-4-17-8(7)6-14-10-5-9(12)15-11(13)16-10/h3-5H,2,6H2,1H3,(H5,12,13,14,15,16). The van der Waals surface area contributed by atoms with Crippen molar-refractivity contribution in [3.05, 3.63) is 28.0 Å². The van der Waals surface area contributed by atoms with Crippen LogP contribution in [-0.4, -0.2) is 9.97 Å². The van der Waals surface area contributed by atoms with Crippen LogP contribution in [0.25, 0.3) is 0 Å². The van der Waals surface area contributed by atoms with E-state index in [1.165, 1.54) is 10.4 Å². The van der Waals surface area contributed by atoms with Gasteiger partial charge in [0.1, 0.15) is 11.6 Å². The number of nitrogens with zero attached hydrogens (tertiary/aromatic N) is 2. The summed E-state index contributed by atoms with van der Waals surface area (Å²) in [6.07, 6.45) is 1.04. The molecule has 2 aromatic heterocycles. The number of hydrogen-bond acceptors (Lipinski definition) is 6. The Kier molecular flexibility index (Phi) is 3.43. The van der Waals surface area contributed by atoms with Crippen LogP contribution >= 0.6 is 11.3 Å². The molecule has 6 heteroatoms. The summed E-state index contributed by atoms with van der Waals surface area (Å²) in [4.78, 5) is 9.20. The normalized spacial score (nSPS) is 10.4. The monoisotopic (exact) mass is 249 g/mol. The maximum Gasteiger partial charge on any atom is 0.223 e. The molecule has 5 nitrogen and oxygen atoms in total. The van der Waals surface area contributed by atoms with Crippen molar-refractivity contribution in [3.63, 3.8) is 0 Å². The number of rotatable bonds is 4. The Morgan fingerprint density at radius 3 is 2.88 bits per heavy atom. The molecule has 90 valence electrons. The Bertz CT molecular complexity index is 488. The average molecular weight is 249 g/mol. The Balaban J connectivity index is 2.07. The molecule has 0 aliphatic rings. The van der Waals surface area contributed by atoms with Crippen LogP contribution in [0.2, 0.25) is 0 Å². The van der Waals surface area contributed by atoms with Gasteiger partial charge in [0, 0.05) is 10.9 Å². The molecule has 0 saturated heterocycles. The molecule has 2 heterocycles. The van der Waals surface area contributed by atoms with Gasteiger partial charge >= 0.3 is 0 Å². The molecule has 0 amide bonds. The summed E-state index contributed by atoms with van der Waals surface area (Å²) < 4.78 is 0. The van der Waals surface area contributed by atoms with Crippen LogP contribution in [-0.2, 0) is 13.0 Å². The zero-order chi connectivity index (χ0) is 12.3. The van der Waals surface area contributed by atoms with Crippen molar-refractivity contribution in [3.8, 4) is 0 Å². The maximum absolute atomic E-state index is 5.60. The van der Waals surface area contributed by atoms with Gasteiger partial charge in [0.05, 0.1) is 6.54 Å². The lowest BCUT2D eigenvalue weighted by Crippen LogP contribution is -2.06. The molecule has 5 N–H and O–H groups in total. The highest BCUT2D eigenvalue weighted by Crippen LogP contribution is 2.19. The minimum absolute atomic E-state index is 0.189. The minimum Gasteiger partial charge on any atom is -0.383 e. The number of nitrogens with one attached hydrogen (secondary N) is 1. The van der Waals surface area contributed by atoms with Crippen LogP contribution in [0.4, 0.5) is 17.6 Å². The molecule has 0 aliphatic carbocycles. The second kappa shape index (κ2) is 5.01. The van der Waals surface area contributed by atoms with Gasteiger partial charge in [0.25, 0.3) is 0 Å². The lowest BCUT2D eigenvalue weighted by atomic mass is 10.2. The third-order valence-corrected chi connectivity index (χ3v) is 3.38. The van der Waals surface area contributed by atoms with E-state index >= 15 is 0 Å². The van der Waals surface area contributed by atoms with E-state index in [-0.39, 0.29) is 5.95 Å². The third-order valence-electron chi connectivity index (χ3n) is 2.41. The molecule has 0 spiro atoms. The molecule has 0 fully saturated rings. The number of thiophene rings is 1. The van der Waals surface area contributed by atoms with Crippen molar-refractivity contribution in [2.45, 2.75) is 19.9 Å². The van der Waals surface area contributed by atoms with Crippen molar-refractivity contribution < 1.29 is 0 Å². The highest BCUT2D eigenvalue weighted by molar-refractivity contribution is 7.10. The van der Waals surface area contributed by atoms with Gasteiger partial charge in [0.2, 0.25) is 5.95 Å². The fourth-order valence-electron chi connectivity index (χ4n) is 1.58. The van der Waals surface area contributed by atoms with E-state index < -0.39 is 0 Å². The number of aryl methyl sites for hydroxylation is 1. The first kappa shape index (κ1) is 11.7. The lowest BCUT2D eigenvalue weighted by Gasteiger charge is -2.06. The van der Waals surface area contributed by atoms with Crippen molar-refractivity contribution in [2.75, 3.05) is 16.8 Å². The van der Waals surface area contributed by atoms with Crippen molar-refractivity contribution >= 4 is 28.9 Å². The van der Waals surface area contributed by atoms with Crippen LogP contribution in [0.15, 0.2) is 17.5 Å². The Morgan fingerprint density at radius 1 is 1.35 bits per heavy atom. The quantitative estimate of drug-likeness (QED) is 0.769. The second-order valence-electron chi connectivity index (χ2n) is 3.61. The zero-order valence-corrected chi connectivity index (χ0v) is 10.4. The van der Waals surface area contributed by atoms with E-state index in [1.807, 2.05) is 0 Å². The third kappa shape index (κ3) is 2.85. The molecule has 0 radical (unpaired) electrons. The molecule has 0 unspecified atom stereocenters. The summed E-state index contributed by atoms with van der Waals surface area (Å²) in [7, 11) is 0. The topological polar surface area (TPSA) is 89.8 Å². The largest absolute Gasteiger partial charge is 0.383 e. The van der Waals surface area contributed by atoms with E-state index in [0.29, 0.717) is 11.6 Å². The summed E-state index contributed by atoms with van der Waals surface area (Å²) in [6.45, 7) is 2.88. The van der Waals surface area contributed by atoms with Gasteiger partial charge in [0.15, 0.2) is 0 Å². The fraction of sp³-hybridized carbons (Fsp3) is 0.273. The molecule has 0 atom stereocenters. The highest BCUT2D eigenvalue weighted by atomic mass is 32.1. The summed E-state index contributed by atoms with van der Waals surface area (Å²) in [5.41, 5.74) is 12.5. The zero-order valence-electron chi connectivity index (χ0n) is 9.60. The van der Waals surface area contributed by atoms with Crippen LogP contribution in [0.5, 0.6) is 0 Å². The summed E-state index contributed by atoms with van der Waals surface area (Å²) in [5.74, 6) is 1.22. The molecular weight excluding hydrogens is 234 g/mol. The number of aromatic nitrogens is 2. The minimum atomic E-state index is 0.189. The number of anilines is 3. The van der Waals surface area contributed by atoms with E-state index in [1.54, 1.807) is 17.4 Å². The molecule has 17 heavy (non-hydrogen) atoms. The first-order valence-corrected chi connectivity index (χ1v) is 6.26. The van der Waals surface area contributed by atoms with Crippen LogP contribution in [0.1, 0.15) is 17.4 Å². The van der Waals surface area contributed by atoms with Gasteiger partial charge in [-0.15, -0.1) is 11.3 Å². The SMILES string of the molecule is CCc1ccsc1CNc1cc(N)nc(N)n1. The highest BCUT2D eigenvalue weighted by Gasteiger charge is 2.04. The molecule has 0 bridgehead atoms. The maximum atomic E-state index is 5.60. The predicted molar refractivity (Wildman–Crippen MR) is 71.9 cm³/mol. The van der Waals surface area contributed by atoms with Gasteiger partial charge in [-0.2, -0.15) is 9.97 Å². The average Bonchev–Trinajstić information content (AvgIpc) is 2.72. The summed E-state index contributed by atoms with van der Waals surface area (Å²) in [5, 5.41) is 5.30. The van der Waals surface area contributed by atoms with Crippen molar-refractivity contribution in [1.29, 1.82) is 0 Å². The van der Waals surface area contributed by atoms with Gasteiger partial charge in [-0.1, -0.05) is 6.92 Å². The van der Waals surface area contributed by atoms with Gasteiger partial charge in [-0.05, 0) is 23.4 Å². The lowest BCUT2D eigenvalue weighted by molar-refractivity contribution is 1.06. The summed E-state index contributed by atoms with van der Waals surface area (Å²) >= 11 is 1.73. The second-order valence-corrected chi connectivity index (χ2v) is 4.61. The van der Waals surface area contributed by atoms with Gasteiger partial charge < -0.3 is 16.8 Å². The fourth-order valence-corrected chi connectivity index (χ4v) is 2.50. The number of nitrogens with two attached hydrogens (primary N) is 2. The predicted octanol–water partition coefficient (Wildman–Crippen LogP) is 1.88. The van der Waals surface area contributed by atoms with Crippen molar-refractivity contribution in [1.82, 2.24) is 9.97 Å². The molecule has 0 saturated carbocycles. The first-order chi connectivity index (χ1) is 8.19. The van der Waals surface area contributed by atoms with E-state index in [9.17, 15) is 0 Å². The van der Waals surface area contributed by atoms with Crippen LogP contribution < -0.4 is 16.8 Å².